The van der Waals surface area contributed by atoms with Crippen molar-refractivity contribution in [2.45, 2.75) is 13.0 Å². The van der Waals surface area contributed by atoms with Crippen LogP contribution < -0.4 is 5.32 Å². The maximum Gasteiger partial charge on any atom is 0.339 e. The highest BCUT2D eigenvalue weighted by molar-refractivity contribution is 7.21. The van der Waals surface area contributed by atoms with E-state index in [9.17, 15) is 9.59 Å². The molecule has 1 unspecified atom stereocenters. The molecule has 0 saturated heterocycles. The minimum absolute atomic E-state index is 0.352. The Kier molecular flexibility index (Phi) is 6.59. The van der Waals surface area contributed by atoms with E-state index in [0.717, 1.165) is 21.5 Å². The Labute approximate surface area is 214 Å². The van der Waals surface area contributed by atoms with Crippen LogP contribution in [0, 0.1) is 0 Å². The summed E-state index contributed by atoms with van der Waals surface area (Å²) in [7, 11) is 0. The predicted octanol–water partition coefficient (Wildman–Crippen LogP) is 6.92. The molecule has 1 atom stereocenters. The minimum atomic E-state index is -1.02. The fourth-order valence-corrected chi connectivity index (χ4v) is 5.26. The molecule has 0 spiro atoms. The lowest BCUT2D eigenvalue weighted by atomic mass is 10.1. The van der Waals surface area contributed by atoms with E-state index in [4.69, 9.17) is 16.3 Å². The van der Waals surface area contributed by atoms with Gasteiger partial charge in [0.2, 0.25) is 0 Å². The summed E-state index contributed by atoms with van der Waals surface area (Å²) in [6, 6.07) is 22.2. The van der Waals surface area contributed by atoms with Gasteiger partial charge in [-0.25, -0.2) is 14.8 Å². The largest absolute Gasteiger partial charge is 0.449 e. The second kappa shape index (κ2) is 9.95. The molecular formula is C26H18ClN3O3S2. The van der Waals surface area contributed by atoms with Gasteiger partial charge in [-0.3, -0.25) is 10.1 Å². The summed E-state index contributed by atoms with van der Waals surface area (Å²) < 4.78 is 6.53. The normalized spacial score (nSPS) is 11.8. The van der Waals surface area contributed by atoms with Gasteiger partial charge in [-0.15, -0.1) is 22.7 Å². The van der Waals surface area contributed by atoms with Gasteiger partial charge < -0.3 is 4.74 Å². The number of anilines is 1. The molecule has 0 bridgehead atoms. The van der Waals surface area contributed by atoms with E-state index in [-0.39, 0.29) is 0 Å². The fourth-order valence-electron chi connectivity index (χ4n) is 3.40. The first-order chi connectivity index (χ1) is 17.0. The zero-order valence-corrected chi connectivity index (χ0v) is 20.8. The Morgan fingerprint density at radius 1 is 0.971 bits per heavy atom. The molecule has 3 aromatic carbocycles. The van der Waals surface area contributed by atoms with Gasteiger partial charge in [0.25, 0.3) is 5.91 Å². The van der Waals surface area contributed by atoms with Crippen LogP contribution in [0.3, 0.4) is 0 Å². The highest BCUT2D eigenvalue weighted by Gasteiger charge is 2.23. The van der Waals surface area contributed by atoms with E-state index in [1.54, 1.807) is 24.3 Å². The van der Waals surface area contributed by atoms with Crippen molar-refractivity contribution in [1.82, 2.24) is 9.97 Å². The number of halogens is 1. The van der Waals surface area contributed by atoms with Crippen LogP contribution in [-0.2, 0) is 9.53 Å². The standard InChI is InChI=1S/C26H18ClN3O3S2/c1-15(23(31)30-26-29-21(14-34-26)16-10-12-17(27)13-11-16)33-25(32)19-7-3-2-6-18(19)24-28-20-8-4-5-9-22(20)35-24/h2-15H,1H3,(H,29,30,31). The number of benzene rings is 3. The molecule has 6 nitrogen and oxygen atoms in total. The number of fused-ring (bicyclic) bond motifs is 1. The van der Waals surface area contributed by atoms with Gasteiger partial charge >= 0.3 is 5.97 Å². The SMILES string of the molecule is CC(OC(=O)c1ccccc1-c1nc2ccccc2s1)C(=O)Nc1nc(-c2ccc(Cl)cc2)cs1. The molecule has 5 aromatic rings. The number of aromatic nitrogens is 2. The zero-order chi connectivity index (χ0) is 24.4. The zero-order valence-electron chi connectivity index (χ0n) is 18.4. The minimum Gasteiger partial charge on any atom is -0.449 e. The highest BCUT2D eigenvalue weighted by atomic mass is 35.5. The van der Waals surface area contributed by atoms with Crippen LogP contribution >= 0.6 is 34.3 Å². The summed E-state index contributed by atoms with van der Waals surface area (Å²) in [6.07, 6.45) is -1.02. The van der Waals surface area contributed by atoms with Crippen LogP contribution in [-0.4, -0.2) is 27.9 Å². The first kappa shape index (κ1) is 23.2. The van der Waals surface area contributed by atoms with Crippen molar-refractivity contribution in [2.75, 3.05) is 5.32 Å². The molecule has 174 valence electrons. The Morgan fingerprint density at radius 3 is 2.51 bits per heavy atom. The summed E-state index contributed by atoms with van der Waals surface area (Å²) in [5, 5.41) is 6.32. The molecule has 0 aliphatic carbocycles. The third kappa shape index (κ3) is 5.09. The number of amides is 1. The van der Waals surface area contributed by atoms with E-state index < -0.39 is 18.0 Å². The van der Waals surface area contributed by atoms with Gasteiger partial charge in [-0.2, -0.15) is 0 Å². The monoisotopic (exact) mass is 519 g/mol. The van der Waals surface area contributed by atoms with Crippen LogP contribution in [0.25, 0.3) is 32.0 Å². The fraction of sp³-hybridized carbons (Fsp3) is 0.0769. The summed E-state index contributed by atoms with van der Waals surface area (Å²) in [5.74, 6) is -1.06. The number of nitrogens with one attached hydrogen (secondary N) is 1. The number of carbonyl (C=O) groups is 2. The quantitative estimate of drug-likeness (QED) is 0.246. The molecule has 0 aliphatic heterocycles. The second-order valence-electron chi connectivity index (χ2n) is 7.61. The molecule has 0 saturated carbocycles. The average Bonchev–Trinajstić information content (AvgIpc) is 3.51. The van der Waals surface area contributed by atoms with Crippen LogP contribution in [0.2, 0.25) is 5.02 Å². The van der Waals surface area contributed by atoms with Crippen molar-refractivity contribution < 1.29 is 14.3 Å². The van der Waals surface area contributed by atoms with E-state index in [0.29, 0.717) is 26.3 Å². The van der Waals surface area contributed by atoms with Crippen molar-refractivity contribution in [3.05, 3.63) is 88.8 Å². The van der Waals surface area contributed by atoms with E-state index >= 15 is 0 Å². The molecule has 0 radical (unpaired) electrons. The second-order valence-corrected chi connectivity index (χ2v) is 9.94. The molecule has 0 fully saturated rings. The smallest absolute Gasteiger partial charge is 0.339 e. The van der Waals surface area contributed by atoms with Crippen molar-refractivity contribution in [3.63, 3.8) is 0 Å². The summed E-state index contributed by atoms with van der Waals surface area (Å²) in [4.78, 5) is 34.8. The highest BCUT2D eigenvalue weighted by Crippen LogP contribution is 2.32. The molecule has 2 aromatic heterocycles. The van der Waals surface area contributed by atoms with Gasteiger partial charge in [0.1, 0.15) is 5.01 Å². The Morgan fingerprint density at radius 2 is 1.71 bits per heavy atom. The number of ether oxygens (including phenoxy) is 1. The number of nitrogens with zero attached hydrogens (tertiary/aromatic N) is 2. The number of hydrogen-bond donors (Lipinski definition) is 1. The van der Waals surface area contributed by atoms with Crippen LogP contribution in [0.4, 0.5) is 5.13 Å². The van der Waals surface area contributed by atoms with Crippen molar-refractivity contribution in [1.29, 1.82) is 0 Å². The molecule has 1 N–H and O–H groups in total. The summed E-state index contributed by atoms with van der Waals surface area (Å²) >= 11 is 8.72. The molecule has 1 amide bonds. The van der Waals surface area contributed by atoms with E-state index in [1.165, 1.54) is 29.6 Å². The molecule has 0 aliphatic rings. The van der Waals surface area contributed by atoms with Crippen LogP contribution in [0.5, 0.6) is 0 Å². The third-order valence-electron chi connectivity index (χ3n) is 5.20. The lowest BCUT2D eigenvalue weighted by Crippen LogP contribution is -2.30. The van der Waals surface area contributed by atoms with Gasteiger partial charge in [0.05, 0.1) is 21.5 Å². The lowest BCUT2D eigenvalue weighted by Gasteiger charge is -2.13. The number of carbonyl (C=O) groups excluding carboxylic acids is 2. The summed E-state index contributed by atoms with van der Waals surface area (Å²) in [6.45, 7) is 1.53. The number of hydrogen-bond acceptors (Lipinski definition) is 7. The van der Waals surface area contributed by atoms with Gasteiger partial charge in [-0.05, 0) is 37.3 Å². The summed E-state index contributed by atoms with van der Waals surface area (Å²) in [5.41, 5.74) is 3.49. The maximum absolute atomic E-state index is 13.0. The number of esters is 1. The number of thiazole rings is 2. The maximum atomic E-state index is 13.0. The Balaban J connectivity index is 1.28. The van der Waals surface area contributed by atoms with Crippen LogP contribution in [0.15, 0.2) is 78.2 Å². The van der Waals surface area contributed by atoms with Gasteiger partial charge in [0.15, 0.2) is 11.2 Å². The van der Waals surface area contributed by atoms with Crippen molar-refractivity contribution in [3.8, 4) is 21.8 Å². The lowest BCUT2D eigenvalue weighted by molar-refractivity contribution is -0.123. The molecular weight excluding hydrogens is 502 g/mol. The van der Waals surface area contributed by atoms with Gasteiger partial charge in [-0.1, -0.05) is 54.1 Å². The third-order valence-corrected chi connectivity index (χ3v) is 7.28. The molecule has 9 heteroatoms. The molecule has 5 rings (SSSR count). The van der Waals surface area contributed by atoms with Crippen molar-refractivity contribution in [2.24, 2.45) is 0 Å². The molecule has 2 heterocycles. The number of rotatable bonds is 6. The van der Waals surface area contributed by atoms with E-state index in [2.05, 4.69) is 15.3 Å². The Hall–Kier alpha value is -3.59. The first-order valence-corrected chi connectivity index (χ1v) is 12.7. The first-order valence-electron chi connectivity index (χ1n) is 10.7. The van der Waals surface area contributed by atoms with Gasteiger partial charge in [0, 0.05) is 21.5 Å². The predicted molar refractivity (Wildman–Crippen MR) is 141 cm³/mol. The molecule has 35 heavy (non-hydrogen) atoms. The average molecular weight is 520 g/mol. The topological polar surface area (TPSA) is 81.2 Å². The Bertz CT molecular complexity index is 1500. The van der Waals surface area contributed by atoms with Crippen LogP contribution in [0.1, 0.15) is 17.3 Å². The van der Waals surface area contributed by atoms with E-state index in [1.807, 2.05) is 53.9 Å². The number of para-hydroxylation sites is 1. The van der Waals surface area contributed by atoms with Crippen molar-refractivity contribution >= 4 is 61.5 Å².